The number of aromatic nitrogens is 2. The van der Waals surface area contributed by atoms with Crippen LogP contribution >= 0.6 is 0 Å². The van der Waals surface area contributed by atoms with E-state index in [1.54, 1.807) is 13.0 Å². The van der Waals surface area contributed by atoms with Gasteiger partial charge in [-0.2, -0.15) is 9.40 Å². The lowest BCUT2D eigenvalue weighted by atomic mass is 10.2. The number of anilines is 1. The van der Waals surface area contributed by atoms with Gasteiger partial charge in [0.2, 0.25) is 15.9 Å². The summed E-state index contributed by atoms with van der Waals surface area (Å²) in [6, 6.07) is 7.57. The molecule has 0 radical (unpaired) electrons. The molecule has 2 saturated heterocycles. The number of nitrogens with one attached hydrogen (secondary N) is 3. The minimum Gasteiger partial charge on any atom is -0.322 e. The molecule has 2 fully saturated rings. The molecule has 0 bridgehead atoms. The van der Waals surface area contributed by atoms with Crippen molar-refractivity contribution < 1.29 is 18.0 Å². The Morgan fingerprint density at radius 3 is 2.52 bits per heavy atom. The molecule has 3 N–H and O–H groups in total. The molecule has 1 aromatic heterocycles. The number of hydrogen-bond donors (Lipinski definition) is 3. The first kappa shape index (κ1) is 21.5. The average molecular weight is 447 g/mol. The maximum Gasteiger partial charge on any atom is 0.256 e. The Balaban J connectivity index is 1.51. The Kier molecular flexibility index (Phi) is 5.82. The zero-order valence-corrected chi connectivity index (χ0v) is 18.3. The zero-order valence-electron chi connectivity index (χ0n) is 17.5. The lowest BCUT2D eigenvalue weighted by Crippen LogP contribution is -2.52. The fourth-order valence-corrected chi connectivity index (χ4v) is 5.36. The van der Waals surface area contributed by atoms with Gasteiger partial charge in [-0.15, -0.1) is 0 Å². The fourth-order valence-electron chi connectivity index (χ4n) is 3.84. The second-order valence-corrected chi connectivity index (χ2v) is 9.89. The molecule has 2 aromatic rings. The normalized spacial score (nSPS) is 22.3. The summed E-state index contributed by atoms with van der Waals surface area (Å²) in [4.78, 5) is 24.9. The van der Waals surface area contributed by atoms with Crippen molar-refractivity contribution in [3.63, 3.8) is 0 Å². The largest absolute Gasteiger partial charge is 0.322 e. The molecule has 0 saturated carbocycles. The van der Waals surface area contributed by atoms with Gasteiger partial charge in [0, 0.05) is 37.2 Å². The van der Waals surface area contributed by atoms with Crippen molar-refractivity contribution in [3.8, 4) is 0 Å². The monoisotopic (exact) mass is 446 g/mol. The summed E-state index contributed by atoms with van der Waals surface area (Å²) >= 11 is 0. The van der Waals surface area contributed by atoms with Gasteiger partial charge < -0.3 is 10.6 Å². The predicted octanol–water partition coefficient (Wildman–Crippen LogP) is 1.18. The van der Waals surface area contributed by atoms with Gasteiger partial charge in [-0.25, -0.2) is 13.1 Å². The molecule has 0 aliphatic carbocycles. The van der Waals surface area contributed by atoms with E-state index in [-0.39, 0.29) is 16.8 Å². The second-order valence-electron chi connectivity index (χ2n) is 7.95. The van der Waals surface area contributed by atoms with E-state index >= 15 is 0 Å². The average Bonchev–Trinajstić information content (AvgIpc) is 3.38. The van der Waals surface area contributed by atoms with Gasteiger partial charge in [0.05, 0.1) is 10.6 Å². The van der Waals surface area contributed by atoms with Crippen LogP contribution in [0.25, 0.3) is 0 Å². The number of carbonyl (C=O) groups excluding carboxylic acids is 2. The highest BCUT2D eigenvalue weighted by molar-refractivity contribution is 7.89. The van der Waals surface area contributed by atoms with E-state index in [9.17, 15) is 18.0 Å². The Morgan fingerprint density at radius 1 is 1.19 bits per heavy atom. The quantitative estimate of drug-likeness (QED) is 0.633. The second kappa shape index (κ2) is 8.40. The zero-order chi connectivity index (χ0) is 22.2. The number of hydrogen-bond acceptors (Lipinski definition) is 6. The molecule has 3 heterocycles. The number of amides is 2. The fraction of sp³-hybridized carbons (Fsp3) is 0.450. The van der Waals surface area contributed by atoms with Crippen LogP contribution in [0, 0.1) is 6.92 Å². The van der Waals surface area contributed by atoms with Crippen LogP contribution in [-0.2, 0) is 14.8 Å². The molecular weight excluding hydrogens is 420 g/mol. The molecule has 4 rings (SSSR count). The van der Waals surface area contributed by atoms with Crippen molar-refractivity contribution in [2.75, 3.05) is 18.4 Å². The van der Waals surface area contributed by atoms with Crippen molar-refractivity contribution in [1.82, 2.24) is 24.7 Å². The molecule has 166 valence electrons. The molecule has 2 atom stereocenters. The molecule has 2 amide bonds. The van der Waals surface area contributed by atoms with Crippen LogP contribution in [0.4, 0.5) is 5.82 Å². The van der Waals surface area contributed by atoms with E-state index < -0.39 is 22.2 Å². The highest BCUT2D eigenvalue weighted by atomic mass is 32.2. The van der Waals surface area contributed by atoms with Crippen molar-refractivity contribution in [2.24, 2.45) is 0 Å². The topological polar surface area (TPSA) is 125 Å². The maximum absolute atomic E-state index is 12.8. The Hall–Kier alpha value is -2.76. The van der Waals surface area contributed by atoms with Gasteiger partial charge in [-0.05, 0) is 51.0 Å². The minimum absolute atomic E-state index is 0.0306. The molecule has 2 unspecified atom stereocenters. The predicted molar refractivity (Wildman–Crippen MR) is 114 cm³/mol. The highest BCUT2D eigenvalue weighted by Crippen LogP contribution is 2.22. The third-order valence-corrected chi connectivity index (χ3v) is 7.31. The standard InChI is InChI=1S/C20H26N6O4S/c1-13-12-18(27)23-20(21-13)26-17(11-14(2)24-26)22-19(28)15-5-7-16(8-6-15)31(29,30)25-9-3-4-10-25/h5-8,11,13,20-21H,3-4,9-10,12H2,1-2H3,(H,22,28)(H,23,27). The number of benzene rings is 1. The maximum atomic E-state index is 12.8. The van der Waals surface area contributed by atoms with Gasteiger partial charge in [-0.3, -0.25) is 14.9 Å². The lowest BCUT2D eigenvalue weighted by molar-refractivity contribution is -0.125. The minimum atomic E-state index is -3.53. The van der Waals surface area contributed by atoms with Crippen LogP contribution in [0.2, 0.25) is 0 Å². The summed E-state index contributed by atoms with van der Waals surface area (Å²) in [5.74, 6) is -0.0823. The van der Waals surface area contributed by atoms with Gasteiger partial charge in [0.1, 0.15) is 5.82 Å². The van der Waals surface area contributed by atoms with Gasteiger partial charge in [-0.1, -0.05) is 0 Å². The van der Waals surface area contributed by atoms with Crippen molar-refractivity contribution >= 4 is 27.7 Å². The van der Waals surface area contributed by atoms with Crippen LogP contribution in [0.5, 0.6) is 0 Å². The highest BCUT2D eigenvalue weighted by Gasteiger charge is 2.28. The first-order valence-corrected chi connectivity index (χ1v) is 11.7. The number of aryl methyl sites for hydroxylation is 1. The summed E-state index contributed by atoms with van der Waals surface area (Å²) in [5.41, 5.74) is 0.997. The van der Waals surface area contributed by atoms with Crippen LogP contribution in [0.15, 0.2) is 35.2 Å². The van der Waals surface area contributed by atoms with E-state index in [1.165, 1.54) is 33.3 Å². The van der Waals surface area contributed by atoms with Crippen LogP contribution in [0.1, 0.15) is 48.5 Å². The molecule has 10 nitrogen and oxygen atoms in total. The smallest absolute Gasteiger partial charge is 0.256 e. The van der Waals surface area contributed by atoms with E-state index in [0.717, 1.165) is 12.8 Å². The molecule has 2 aliphatic heterocycles. The Morgan fingerprint density at radius 2 is 1.87 bits per heavy atom. The number of sulfonamides is 1. The number of rotatable bonds is 5. The van der Waals surface area contributed by atoms with Crippen LogP contribution in [0.3, 0.4) is 0 Å². The van der Waals surface area contributed by atoms with E-state index in [2.05, 4.69) is 21.0 Å². The van der Waals surface area contributed by atoms with Crippen LogP contribution < -0.4 is 16.0 Å². The summed E-state index contributed by atoms with van der Waals surface area (Å²) < 4.78 is 28.3. The summed E-state index contributed by atoms with van der Waals surface area (Å²) in [7, 11) is -3.53. The van der Waals surface area contributed by atoms with Crippen LogP contribution in [-0.4, -0.2) is 53.4 Å². The molecular formula is C20H26N6O4S. The molecule has 0 spiro atoms. The van der Waals surface area contributed by atoms with Crippen molar-refractivity contribution in [3.05, 3.63) is 41.6 Å². The van der Waals surface area contributed by atoms with E-state index in [1.807, 2.05) is 6.92 Å². The molecule has 11 heteroatoms. The van der Waals surface area contributed by atoms with Gasteiger partial charge >= 0.3 is 0 Å². The van der Waals surface area contributed by atoms with E-state index in [4.69, 9.17) is 0 Å². The van der Waals surface area contributed by atoms with Gasteiger partial charge in [0.15, 0.2) is 6.29 Å². The Labute approximate surface area is 181 Å². The Bertz CT molecular complexity index is 1090. The molecule has 31 heavy (non-hydrogen) atoms. The van der Waals surface area contributed by atoms with Gasteiger partial charge in [0.25, 0.3) is 5.91 Å². The number of carbonyl (C=O) groups is 2. The van der Waals surface area contributed by atoms with Crippen molar-refractivity contribution in [1.29, 1.82) is 0 Å². The first-order chi connectivity index (χ1) is 14.7. The first-order valence-electron chi connectivity index (χ1n) is 10.3. The third kappa shape index (κ3) is 4.48. The number of nitrogens with zero attached hydrogens (tertiary/aromatic N) is 3. The summed E-state index contributed by atoms with van der Waals surface area (Å²) in [5, 5.41) is 13.2. The lowest BCUT2D eigenvalue weighted by Gasteiger charge is -2.30. The van der Waals surface area contributed by atoms with E-state index in [0.29, 0.717) is 36.6 Å². The third-order valence-electron chi connectivity index (χ3n) is 5.40. The summed E-state index contributed by atoms with van der Waals surface area (Å²) in [6.45, 7) is 4.74. The molecule has 2 aliphatic rings. The summed E-state index contributed by atoms with van der Waals surface area (Å²) in [6.07, 6.45) is 1.52. The molecule has 1 aromatic carbocycles. The SMILES string of the molecule is Cc1cc(NC(=O)c2ccc(S(=O)(=O)N3CCCC3)cc2)n(C2NC(=O)CC(C)N2)n1. The van der Waals surface area contributed by atoms with Crippen molar-refractivity contribution in [2.45, 2.75) is 50.3 Å².